The largest absolute Gasteiger partial charge is 0.356 e. The molecular weight excluding hydrogens is 268 g/mol. The van der Waals surface area contributed by atoms with Crippen LogP contribution in [0.3, 0.4) is 0 Å². The van der Waals surface area contributed by atoms with Gasteiger partial charge in [-0.25, -0.2) is 0 Å². The number of hydrogen-bond donors (Lipinski definition) is 4. The number of benzene rings is 1. The lowest BCUT2D eigenvalue weighted by Crippen LogP contribution is -2.32. The van der Waals surface area contributed by atoms with E-state index in [0.717, 1.165) is 5.56 Å². The van der Waals surface area contributed by atoms with Gasteiger partial charge < -0.3 is 16.1 Å². The first-order chi connectivity index (χ1) is 9.93. The highest BCUT2D eigenvalue weighted by Gasteiger charge is 2.11. The van der Waals surface area contributed by atoms with Gasteiger partial charge in [-0.1, -0.05) is 25.5 Å². The molecule has 0 spiro atoms. The van der Waals surface area contributed by atoms with E-state index in [9.17, 15) is 9.59 Å². The molecule has 5 N–H and O–H groups in total. The third-order valence-electron chi connectivity index (χ3n) is 2.92. The van der Waals surface area contributed by atoms with Gasteiger partial charge in [0.1, 0.15) is 0 Å². The van der Waals surface area contributed by atoms with E-state index in [0.29, 0.717) is 30.3 Å². The second-order valence-electron chi connectivity index (χ2n) is 5.40. The predicted molar refractivity (Wildman–Crippen MR) is 83.8 cm³/mol. The van der Waals surface area contributed by atoms with Gasteiger partial charge in [0.2, 0.25) is 5.91 Å². The summed E-state index contributed by atoms with van der Waals surface area (Å²) in [5.41, 5.74) is 4.49. The number of nitrogen functional groups attached to an aromatic ring is 1. The molecule has 0 atom stereocenters. The lowest BCUT2D eigenvalue weighted by Gasteiger charge is -2.11. The smallest absolute Gasteiger partial charge is 0.253 e. The average Bonchev–Trinajstić information content (AvgIpc) is 2.44. The van der Waals surface area contributed by atoms with Crippen molar-refractivity contribution in [2.75, 3.05) is 18.5 Å². The van der Waals surface area contributed by atoms with Gasteiger partial charge >= 0.3 is 0 Å². The number of anilines is 1. The SMILES string of the molecule is Cc1ccc(NN)c(C(=O)NCCC(=O)NCC(C)C)c1. The van der Waals surface area contributed by atoms with Crippen LogP contribution >= 0.6 is 0 Å². The van der Waals surface area contributed by atoms with E-state index in [2.05, 4.69) is 16.1 Å². The molecule has 6 heteroatoms. The number of aryl methyl sites for hydroxylation is 1. The lowest BCUT2D eigenvalue weighted by atomic mass is 10.1. The summed E-state index contributed by atoms with van der Waals surface area (Å²) in [5, 5.41) is 5.53. The highest BCUT2D eigenvalue weighted by atomic mass is 16.2. The van der Waals surface area contributed by atoms with Crippen molar-refractivity contribution in [1.29, 1.82) is 0 Å². The molecule has 6 nitrogen and oxygen atoms in total. The summed E-state index contributed by atoms with van der Waals surface area (Å²) in [6, 6.07) is 5.37. The summed E-state index contributed by atoms with van der Waals surface area (Å²) in [4.78, 5) is 23.6. The Hall–Kier alpha value is -2.08. The average molecular weight is 292 g/mol. The van der Waals surface area contributed by atoms with Crippen LogP contribution in [0.5, 0.6) is 0 Å². The zero-order valence-corrected chi connectivity index (χ0v) is 12.8. The number of carbonyl (C=O) groups excluding carboxylic acids is 2. The van der Waals surface area contributed by atoms with Crippen molar-refractivity contribution in [3.8, 4) is 0 Å². The Kier molecular flexibility index (Phi) is 6.68. The fraction of sp³-hybridized carbons (Fsp3) is 0.467. The van der Waals surface area contributed by atoms with Crippen LogP contribution in [0.25, 0.3) is 0 Å². The highest BCUT2D eigenvalue weighted by molar-refractivity contribution is 5.99. The molecule has 1 aromatic carbocycles. The monoisotopic (exact) mass is 292 g/mol. The van der Waals surface area contributed by atoms with Gasteiger partial charge in [-0.05, 0) is 25.0 Å². The van der Waals surface area contributed by atoms with Crippen LogP contribution in [0.4, 0.5) is 5.69 Å². The summed E-state index contributed by atoms with van der Waals surface area (Å²) in [7, 11) is 0. The summed E-state index contributed by atoms with van der Waals surface area (Å²) >= 11 is 0. The van der Waals surface area contributed by atoms with Crippen LogP contribution in [-0.4, -0.2) is 24.9 Å². The molecule has 2 amide bonds. The predicted octanol–water partition coefficient (Wildman–Crippen LogP) is 1.17. The van der Waals surface area contributed by atoms with Crippen molar-refractivity contribution >= 4 is 17.5 Å². The van der Waals surface area contributed by atoms with E-state index in [1.165, 1.54) is 0 Å². The first kappa shape index (κ1) is 17.0. The molecule has 21 heavy (non-hydrogen) atoms. The minimum absolute atomic E-state index is 0.0644. The second-order valence-corrected chi connectivity index (χ2v) is 5.40. The lowest BCUT2D eigenvalue weighted by molar-refractivity contribution is -0.121. The summed E-state index contributed by atoms with van der Waals surface area (Å²) in [6.45, 7) is 6.89. The van der Waals surface area contributed by atoms with E-state index in [1.807, 2.05) is 26.8 Å². The van der Waals surface area contributed by atoms with Crippen molar-refractivity contribution in [1.82, 2.24) is 10.6 Å². The number of carbonyl (C=O) groups is 2. The fourth-order valence-corrected chi connectivity index (χ4v) is 1.76. The Morgan fingerprint density at radius 2 is 1.95 bits per heavy atom. The third kappa shape index (κ3) is 5.83. The molecule has 0 saturated heterocycles. The Labute approximate surface area is 125 Å². The quantitative estimate of drug-likeness (QED) is 0.448. The molecule has 0 bridgehead atoms. The van der Waals surface area contributed by atoms with Gasteiger partial charge in [-0.2, -0.15) is 0 Å². The van der Waals surface area contributed by atoms with Crippen LogP contribution < -0.4 is 21.9 Å². The Balaban J connectivity index is 2.47. The van der Waals surface area contributed by atoms with Crippen LogP contribution in [0.15, 0.2) is 18.2 Å². The molecule has 0 heterocycles. The Morgan fingerprint density at radius 1 is 1.24 bits per heavy atom. The Morgan fingerprint density at radius 3 is 2.57 bits per heavy atom. The summed E-state index contributed by atoms with van der Waals surface area (Å²) < 4.78 is 0. The van der Waals surface area contributed by atoms with Gasteiger partial charge in [0, 0.05) is 19.5 Å². The summed E-state index contributed by atoms with van der Waals surface area (Å²) in [6.07, 6.45) is 0.260. The molecular formula is C15H24N4O2. The molecule has 116 valence electrons. The normalized spacial score (nSPS) is 10.3. The van der Waals surface area contributed by atoms with Gasteiger partial charge in [-0.15, -0.1) is 0 Å². The van der Waals surface area contributed by atoms with Crippen LogP contribution in [-0.2, 0) is 4.79 Å². The maximum atomic E-state index is 12.1. The van der Waals surface area contributed by atoms with E-state index in [1.54, 1.807) is 12.1 Å². The number of nitrogens with two attached hydrogens (primary N) is 1. The van der Waals surface area contributed by atoms with Gasteiger partial charge in [0.15, 0.2) is 0 Å². The zero-order chi connectivity index (χ0) is 15.8. The topological polar surface area (TPSA) is 96.2 Å². The second kappa shape index (κ2) is 8.26. The molecule has 0 aliphatic heterocycles. The van der Waals surface area contributed by atoms with Gasteiger partial charge in [0.25, 0.3) is 5.91 Å². The number of rotatable bonds is 7. The van der Waals surface area contributed by atoms with E-state index < -0.39 is 0 Å². The first-order valence-electron chi connectivity index (χ1n) is 7.06. The maximum absolute atomic E-state index is 12.1. The number of nitrogens with one attached hydrogen (secondary N) is 3. The molecule has 0 aliphatic carbocycles. The standard InChI is InChI=1S/C15H24N4O2/c1-10(2)9-18-14(20)6-7-17-15(21)12-8-11(3)4-5-13(12)19-16/h4-5,8,10,19H,6-7,9,16H2,1-3H3,(H,17,21)(H,18,20). The fourth-order valence-electron chi connectivity index (χ4n) is 1.76. The van der Waals surface area contributed by atoms with Crippen LogP contribution in [0.2, 0.25) is 0 Å². The van der Waals surface area contributed by atoms with Crippen LogP contribution in [0, 0.1) is 12.8 Å². The molecule has 0 fully saturated rings. The number of hydrogen-bond acceptors (Lipinski definition) is 4. The van der Waals surface area contributed by atoms with Gasteiger partial charge in [-0.3, -0.25) is 15.4 Å². The summed E-state index contributed by atoms with van der Waals surface area (Å²) in [5.74, 6) is 5.49. The van der Waals surface area contributed by atoms with Crippen molar-refractivity contribution in [3.63, 3.8) is 0 Å². The number of amides is 2. The highest BCUT2D eigenvalue weighted by Crippen LogP contribution is 2.15. The van der Waals surface area contributed by atoms with Crippen LogP contribution in [0.1, 0.15) is 36.2 Å². The van der Waals surface area contributed by atoms with E-state index >= 15 is 0 Å². The Bertz CT molecular complexity index is 500. The zero-order valence-electron chi connectivity index (χ0n) is 12.8. The minimum Gasteiger partial charge on any atom is -0.356 e. The molecule has 1 rings (SSSR count). The molecule has 0 aliphatic rings. The molecule has 0 unspecified atom stereocenters. The molecule has 0 saturated carbocycles. The van der Waals surface area contributed by atoms with E-state index in [-0.39, 0.29) is 18.2 Å². The molecule has 0 aromatic heterocycles. The van der Waals surface area contributed by atoms with E-state index in [4.69, 9.17) is 5.84 Å². The number of hydrazine groups is 1. The third-order valence-corrected chi connectivity index (χ3v) is 2.92. The minimum atomic E-state index is -0.247. The molecule has 1 aromatic rings. The van der Waals surface area contributed by atoms with Crippen molar-refractivity contribution in [3.05, 3.63) is 29.3 Å². The van der Waals surface area contributed by atoms with Gasteiger partial charge in [0.05, 0.1) is 11.3 Å². The van der Waals surface area contributed by atoms with Crippen molar-refractivity contribution in [2.24, 2.45) is 11.8 Å². The first-order valence-corrected chi connectivity index (χ1v) is 7.06. The maximum Gasteiger partial charge on any atom is 0.253 e. The van der Waals surface area contributed by atoms with Crippen molar-refractivity contribution in [2.45, 2.75) is 27.2 Å². The van der Waals surface area contributed by atoms with Crippen molar-refractivity contribution < 1.29 is 9.59 Å². The molecule has 0 radical (unpaired) electrons.